The highest BCUT2D eigenvalue weighted by Gasteiger charge is 2.07. The summed E-state index contributed by atoms with van der Waals surface area (Å²) >= 11 is 0. The third kappa shape index (κ3) is 2.51. The Bertz CT molecular complexity index is 848. The van der Waals surface area contributed by atoms with E-state index in [0.717, 1.165) is 5.69 Å². The van der Waals surface area contributed by atoms with Crippen LogP contribution in [0.4, 0.5) is 10.2 Å². The van der Waals surface area contributed by atoms with E-state index in [9.17, 15) is 4.39 Å². The van der Waals surface area contributed by atoms with E-state index in [1.54, 1.807) is 16.6 Å². The number of benzene rings is 1. The van der Waals surface area contributed by atoms with Gasteiger partial charge in [-0.2, -0.15) is 19.9 Å². The van der Waals surface area contributed by atoms with Gasteiger partial charge in [-0.3, -0.25) is 0 Å². The van der Waals surface area contributed by atoms with E-state index < -0.39 is 5.82 Å². The molecule has 6 nitrogen and oxygen atoms in total. The van der Waals surface area contributed by atoms with Crippen LogP contribution in [-0.2, 0) is 6.54 Å². The predicted molar refractivity (Wildman–Crippen MR) is 74.0 cm³/mol. The van der Waals surface area contributed by atoms with Gasteiger partial charge in [0.25, 0.3) is 5.78 Å². The van der Waals surface area contributed by atoms with Crippen LogP contribution >= 0.6 is 0 Å². The van der Waals surface area contributed by atoms with E-state index in [-0.39, 0.29) is 6.54 Å². The molecular formula is C14H11FN6. The van der Waals surface area contributed by atoms with Crippen molar-refractivity contribution in [2.75, 3.05) is 5.32 Å². The van der Waals surface area contributed by atoms with Crippen molar-refractivity contribution in [3.63, 3.8) is 0 Å². The summed E-state index contributed by atoms with van der Waals surface area (Å²) in [5.41, 5.74) is 1.56. The molecule has 2 heterocycles. The number of nitrogens with one attached hydrogen (secondary N) is 1. The zero-order valence-corrected chi connectivity index (χ0v) is 11.2. The quantitative estimate of drug-likeness (QED) is 0.795. The Morgan fingerprint density at radius 1 is 1.38 bits per heavy atom. The Kier molecular flexibility index (Phi) is 3.20. The minimum atomic E-state index is -0.415. The maximum atomic E-state index is 13.8. The Hall–Kier alpha value is -3.01. The molecule has 0 radical (unpaired) electrons. The summed E-state index contributed by atoms with van der Waals surface area (Å²) in [5.74, 6) is 0.749. The molecule has 3 rings (SSSR count). The van der Waals surface area contributed by atoms with Crippen LogP contribution in [0.5, 0.6) is 0 Å². The molecule has 1 N–H and O–H groups in total. The molecule has 0 aliphatic carbocycles. The molecule has 104 valence electrons. The first-order valence-electron chi connectivity index (χ1n) is 6.27. The van der Waals surface area contributed by atoms with Gasteiger partial charge < -0.3 is 5.32 Å². The van der Waals surface area contributed by atoms with Crippen molar-refractivity contribution in [2.45, 2.75) is 13.5 Å². The van der Waals surface area contributed by atoms with Crippen LogP contribution in [0.2, 0.25) is 0 Å². The number of hydrogen-bond acceptors (Lipinski definition) is 5. The van der Waals surface area contributed by atoms with E-state index >= 15 is 0 Å². The summed E-state index contributed by atoms with van der Waals surface area (Å²) in [6, 6.07) is 8.11. The molecule has 0 unspecified atom stereocenters. The van der Waals surface area contributed by atoms with Crippen LogP contribution in [0, 0.1) is 24.1 Å². The Morgan fingerprint density at radius 2 is 2.24 bits per heavy atom. The average molecular weight is 282 g/mol. The minimum Gasteiger partial charge on any atom is -0.366 e. The van der Waals surface area contributed by atoms with Crippen LogP contribution in [-0.4, -0.2) is 19.6 Å². The molecule has 0 fully saturated rings. The van der Waals surface area contributed by atoms with Crippen molar-refractivity contribution < 1.29 is 4.39 Å². The van der Waals surface area contributed by atoms with Crippen LogP contribution in [0.1, 0.15) is 16.8 Å². The lowest BCUT2D eigenvalue weighted by Crippen LogP contribution is -2.08. The summed E-state index contributed by atoms with van der Waals surface area (Å²) in [4.78, 5) is 8.26. The van der Waals surface area contributed by atoms with E-state index in [1.165, 1.54) is 12.4 Å². The highest BCUT2D eigenvalue weighted by molar-refractivity contribution is 5.45. The summed E-state index contributed by atoms with van der Waals surface area (Å²) in [5, 5.41) is 15.9. The van der Waals surface area contributed by atoms with Crippen molar-refractivity contribution in [1.29, 1.82) is 5.26 Å². The number of aromatic nitrogens is 4. The molecule has 0 saturated carbocycles. The number of hydrogen-bond donors (Lipinski definition) is 1. The molecule has 0 amide bonds. The van der Waals surface area contributed by atoms with Gasteiger partial charge in [0.05, 0.1) is 11.6 Å². The SMILES string of the molecule is Cc1cc(NCc2ccc(C#N)cc2F)n2ncnc2n1. The van der Waals surface area contributed by atoms with Gasteiger partial charge in [-0.1, -0.05) is 6.07 Å². The summed E-state index contributed by atoms with van der Waals surface area (Å²) in [6.07, 6.45) is 1.41. The molecule has 0 aliphatic heterocycles. The van der Waals surface area contributed by atoms with Gasteiger partial charge in [0.2, 0.25) is 0 Å². The lowest BCUT2D eigenvalue weighted by Gasteiger charge is -2.09. The maximum Gasteiger partial charge on any atom is 0.254 e. The molecule has 2 aromatic heterocycles. The van der Waals surface area contributed by atoms with E-state index in [4.69, 9.17) is 5.26 Å². The fraction of sp³-hybridized carbons (Fsp3) is 0.143. The summed E-state index contributed by atoms with van der Waals surface area (Å²) in [6.45, 7) is 2.12. The number of halogens is 1. The van der Waals surface area contributed by atoms with Gasteiger partial charge in [-0.25, -0.2) is 9.37 Å². The number of rotatable bonds is 3. The molecule has 0 atom stereocenters. The van der Waals surface area contributed by atoms with Crippen molar-refractivity contribution in [1.82, 2.24) is 19.6 Å². The second-order valence-corrected chi connectivity index (χ2v) is 4.53. The van der Waals surface area contributed by atoms with Crippen LogP contribution < -0.4 is 5.32 Å². The lowest BCUT2D eigenvalue weighted by atomic mass is 10.1. The lowest BCUT2D eigenvalue weighted by molar-refractivity contribution is 0.612. The zero-order valence-electron chi connectivity index (χ0n) is 11.2. The molecule has 0 bridgehead atoms. The summed E-state index contributed by atoms with van der Waals surface area (Å²) in [7, 11) is 0. The van der Waals surface area contributed by atoms with Crippen molar-refractivity contribution in [2.24, 2.45) is 0 Å². The smallest absolute Gasteiger partial charge is 0.254 e. The maximum absolute atomic E-state index is 13.8. The zero-order chi connectivity index (χ0) is 14.8. The topological polar surface area (TPSA) is 78.9 Å². The van der Waals surface area contributed by atoms with Crippen LogP contribution in [0.3, 0.4) is 0 Å². The molecule has 7 heteroatoms. The number of anilines is 1. The van der Waals surface area contributed by atoms with Gasteiger partial charge in [-0.05, 0) is 19.1 Å². The first-order valence-corrected chi connectivity index (χ1v) is 6.27. The first-order chi connectivity index (χ1) is 10.2. The normalized spacial score (nSPS) is 10.5. The Balaban J connectivity index is 1.87. The van der Waals surface area contributed by atoms with Gasteiger partial charge in [-0.15, -0.1) is 0 Å². The highest BCUT2D eigenvalue weighted by Crippen LogP contribution is 2.14. The number of aryl methyl sites for hydroxylation is 1. The Morgan fingerprint density at radius 3 is 3.00 bits per heavy atom. The van der Waals surface area contributed by atoms with Crippen LogP contribution in [0.15, 0.2) is 30.6 Å². The second kappa shape index (κ2) is 5.17. The average Bonchev–Trinajstić information content (AvgIpc) is 2.93. The molecule has 0 spiro atoms. The largest absolute Gasteiger partial charge is 0.366 e. The summed E-state index contributed by atoms with van der Waals surface area (Å²) < 4.78 is 15.4. The minimum absolute atomic E-state index is 0.274. The number of fused-ring (bicyclic) bond motifs is 1. The number of nitriles is 1. The van der Waals surface area contributed by atoms with Crippen LogP contribution in [0.25, 0.3) is 5.78 Å². The van der Waals surface area contributed by atoms with Gasteiger partial charge in [0.15, 0.2) is 0 Å². The van der Waals surface area contributed by atoms with Gasteiger partial charge in [0, 0.05) is 23.9 Å². The van der Waals surface area contributed by atoms with Gasteiger partial charge >= 0.3 is 0 Å². The van der Waals surface area contributed by atoms with Crippen molar-refractivity contribution >= 4 is 11.6 Å². The highest BCUT2D eigenvalue weighted by atomic mass is 19.1. The van der Waals surface area contributed by atoms with E-state index in [1.807, 2.05) is 19.1 Å². The third-order valence-electron chi connectivity index (χ3n) is 3.02. The fourth-order valence-corrected chi connectivity index (χ4v) is 2.00. The van der Waals surface area contributed by atoms with Gasteiger partial charge in [0.1, 0.15) is 18.0 Å². The Labute approximate surface area is 119 Å². The second-order valence-electron chi connectivity index (χ2n) is 4.53. The monoisotopic (exact) mass is 282 g/mol. The standard InChI is InChI=1S/C14H11FN6/c1-9-4-13(21-14(20-9)18-8-19-21)17-7-11-3-2-10(6-16)5-12(11)15/h2-5,8,17H,7H2,1H3. The molecule has 0 aliphatic rings. The first kappa shape index (κ1) is 13.0. The molecule has 3 aromatic rings. The molecule has 21 heavy (non-hydrogen) atoms. The van der Waals surface area contributed by atoms with E-state index in [2.05, 4.69) is 20.4 Å². The molecule has 0 saturated heterocycles. The fourth-order valence-electron chi connectivity index (χ4n) is 2.00. The van der Waals surface area contributed by atoms with E-state index in [0.29, 0.717) is 22.7 Å². The third-order valence-corrected chi connectivity index (χ3v) is 3.02. The number of nitrogens with zero attached hydrogens (tertiary/aromatic N) is 5. The molecule has 1 aromatic carbocycles. The van der Waals surface area contributed by atoms with Crippen molar-refractivity contribution in [3.8, 4) is 6.07 Å². The molecular weight excluding hydrogens is 271 g/mol. The van der Waals surface area contributed by atoms with Crippen molar-refractivity contribution in [3.05, 3.63) is 53.2 Å². The predicted octanol–water partition coefficient (Wildman–Crippen LogP) is 2.06.